The summed E-state index contributed by atoms with van der Waals surface area (Å²) >= 11 is 0.722. The van der Waals surface area contributed by atoms with E-state index in [0.717, 1.165) is 41.2 Å². The van der Waals surface area contributed by atoms with Crippen molar-refractivity contribution in [2.75, 3.05) is 0 Å². The second kappa shape index (κ2) is 18.1. The Morgan fingerprint density at radius 1 is 0.660 bits per heavy atom. The van der Waals surface area contributed by atoms with Gasteiger partial charge in [0.1, 0.15) is 33.8 Å². The largest absolute Gasteiger partial charge is 0.410 e. The smallest absolute Gasteiger partial charge is 0.130 e. The zero-order valence-electron chi connectivity index (χ0n) is 22.6. The summed E-state index contributed by atoms with van der Waals surface area (Å²) in [7, 11) is 0. The van der Waals surface area contributed by atoms with Gasteiger partial charge < -0.3 is 15.6 Å². The molecule has 0 saturated carbocycles. The molecular formula is C27H29AtN13O6+. The summed E-state index contributed by atoms with van der Waals surface area (Å²) in [6, 6.07) is 24.6. The van der Waals surface area contributed by atoms with Gasteiger partial charge >= 0.3 is 39.5 Å². The monoisotopic (exact) mass is 841 g/mol. The van der Waals surface area contributed by atoms with Crippen LogP contribution in [0, 0.1) is 30.1 Å². The van der Waals surface area contributed by atoms with E-state index in [2.05, 4.69) is 46.1 Å². The molecule has 8 aromatic rings. The molecule has 5 N–H and O–H groups in total. The minimum absolute atomic E-state index is 0. The maximum absolute atomic E-state index is 11.1. The van der Waals surface area contributed by atoms with E-state index in [0.29, 0.717) is 48.6 Å². The molecule has 0 bridgehead atoms. The summed E-state index contributed by atoms with van der Waals surface area (Å²) in [5.41, 5.74) is 3.56. The molecule has 3 aromatic carbocycles. The summed E-state index contributed by atoms with van der Waals surface area (Å²) < 4.78 is 7.67. The van der Waals surface area contributed by atoms with Crippen LogP contribution in [0.5, 0.6) is 0 Å². The van der Waals surface area contributed by atoms with Gasteiger partial charge in [-0.15, -0.1) is 20.3 Å². The summed E-state index contributed by atoms with van der Waals surface area (Å²) in [5, 5.41) is 54.4. The van der Waals surface area contributed by atoms with Gasteiger partial charge in [-0.2, -0.15) is 0 Å². The Hall–Kier alpha value is -6.01. The number of aromatic nitrogens is 13. The van der Waals surface area contributed by atoms with Crippen molar-refractivity contribution in [2.24, 2.45) is 0 Å². The molecule has 8 rings (SSSR count). The number of aromatic amines is 1. The third-order valence-corrected chi connectivity index (χ3v) is 5.57. The molecule has 5 aromatic heterocycles. The van der Waals surface area contributed by atoms with E-state index in [1.807, 2.05) is 24.3 Å². The van der Waals surface area contributed by atoms with Gasteiger partial charge in [0.05, 0.1) is 5.39 Å². The van der Waals surface area contributed by atoms with Crippen molar-refractivity contribution in [2.45, 2.75) is 14.9 Å². The average molecular weight is 842 g/mol. The summed E-state index contributed by atoms with van der Waals surface area (Å²) in [4.78, 5) is 27.7. The Bertz CT molecular complexity index is 2200. The number of hydrogen-bond donors (Lipinski definition) is 5. The maximum atomic E-state index is 11.1. The van der Waals surface area contributed by atoms with Crippen LogP contribution in [0.25, 0.3) is 44.1 Å². The molecule has 0 unspecified atom stereocenters. The van der Waals surface area contributed by atoms with Gasteiger partial charge in [0.25, 0.3) is 6.33 Å². The van der Waals surface area contributed by atoms with Crippen LogP contribution >= 0.6 is 0 Å². The number of H-pyrrole nitrogens is 1. The number of nitrogens with one attached hydrogen (secondary N) is 1. The minimum atomic E-state index is -0.555. The molecule has 244 valence electrons. The Labute approximate surface area is 279 Å². The van der Waals surface area contributed by atoms with Crippen LogP contribution in [0.4, 0.5) is 0 Å². The Balaban J connectivity index is 0.000000211. The van der Waals surface area contributed by atoms with E-state index < -0.39 is 5.56 Å². The fourth-order valence-electron chi connectivity index (χ4n) is 3.56. The van der Waals surface area contributed by atoms with E-state index in [-0.39, 0.29) is 19.7 Å². The summed E-state index contributed by atoms with van der Waals surface area (Å²) in [5.74, 6) is 0. The van der Waals surface area contributed by atoms with Crippen molar-refractivity contribution < 1.29 is 48.4 Å². The summed E-state index contributed by atoms with van der Waals surface area (Å²) in [6.07, 6.45) is 2.69. The minimum Gasteiger partial charge on any atom is -0.410 e. The van der Waals surface area contributed by atoms with Gasteiger partial charge in [-0.1, -0.05) is 65.8 Å². The van der Waals surface area contributed by atoms with Crippen molar-refractivity contribution in [3.63, 3.8) is 0 Å². The first kappa shape index (κ1) is 37.2. The predicted molar refractivity (Wildman–Crippen MR) is 163 cm³/mol. The molecular weight excluding hydrogens is 812 g/mol. The second-order valence-electron chi connectivity index (χ2n) is 8.29. The Morgan fingerprint density at radius 3 is 1.70 bits per heavy atom. The Kier molecular flexibility index (Phi) is 14.3. The molecule has 0 aliphatic rings. The zero-order valence-corrected chi connectivity index (χ0v) is 25.5. The van der Waals surface area contributed by atoms with E-state index in [9.17, 15) is 9.70 Å². The number of para-hydroxylation sites is 2. The van der Waals surface area contributed by atoms with E-state index in [1.54, 1.807) is 66.9 Å². The molecule has 47 heavy (non-hydrogen) atoms. The topological polar surface area (TPSA) is 255 Å². The average Bonchev–Trinajstić information content (AvgIpc) is 3.67. The molecule has 19 nitrogen and oxygen atoms in total. The van der Waals surface area contributed by atoms with Crippen molar-refractivity contribution in [1.82, 2.24) is 60.7 Å². The number of pyridine rings is 1. The van der Waals surface area contributed by atoms with E-state index in [4.69, 9.17) is 18.8 Å². The van der Waals surface area contributed by atoms with Gasteiger partial charge in [0.15, 0.2) is 5.52 Å². The Morgan fingerprint density at radius 2 is 1.15 bits per heavy atom. The number of fused-ring (bicyclic) bond motifs is 4. The van der Waals surface area contributed by atoms with Crippen molar-refractivity contribution >= 4 is 44.1 Å². The number of benzene rings is 3. The molecule has 0 atom stereocenters. The number of hydrogen-bond acceptors (Lipinski definition) is 14. The SMILES string of the molecule is C.C.O=[n+]1cn[nH]c2cccnc21.O=c1c2ccccc2nnn1O.O[At].On1nnc2ccccc21.On1nnc2ccccc21. The first-order chi connectivity index (χ1) is 21.9. The van der Waals surface area contributed by atoms with Crippen LogP contribution in [0.1, 0.15) is 14.9 Å². The normalized spacial score (nSPS) is 9.57. The van der Waals surface area contributed by atoms with Gasteiger partial charge in [0, 0.05) is 4.43 Å². The van der Waals surface area contributed by atoms with Crippen LogP contribution in [0.2, 0.25) is 0 Å². The van der Waals surface area contributed by atoms with Gasteiger partial charge in [-0.05, 0) is 74.1 Å². The van der Waals surface area contributed by atoms with Crippen LogP contribution in [-0.2, 0) is 0 Å². The maximum Gasteiger partial charge on any atom is 0.130 e. The van der Waals surface area contributed by atoms with Gasteiger partial charge in [-0.25, -0.2) is 5.10 Å². The molecule has 0 amide bonds. The summed E-state index contributed by atoms with van der Waals surface area (Å²) in [6.45, 7) is 0. The fraction of sp³-hybridized carbons (Fsp3) is 0.0741. The van der Waals surface area contributed by atoms with Crippen LogP contribution in [0.15, 0.2) is 102 Å². The van der Waals surface area contributed by atoms with Crippen LogP contribution < -0.4 is 9.99 Å². The van der Waals surface area contributed by atoms with Crippen molar-refractivity contribution in [3.05, 3.63) is 113 Å². The number of rotatable bonds is 0. The third kappa shape index (κ3) is 9.25. The molecule has 0 saturated heterocycles. The first-order valence-corrected chi connectivity index (χ1v) is 13.6. The van der Waals surface area contributed by atoms with E-state index in [1.165, 1.54) is 0 Å². The molecule has 0 fully saturated rings. The number of nitrogens with zero attached hydrogens (tertiary/aromatic N) is 12. The van der Waals surface area contributed by atoms with Crippen LogP contribution in [-0.4, -0.2) is 79.5 Å². The molecule has 5 heterocycles. The van der Waals surface area contributed by atoms with Crippen molar-refractivity contribution in [1.29, 1.82) is 0 Å². The molecule has 0 spiro atoms. The third-order valence-electron chi connectivity index (χ3n) is 5.57. The van der Waals surface area contributed by atoms with E-state index >= 15 is 0 Å². The molecule has 0 aliphatic carbocycles. The quantitative estimate of drug-likeness (QED) is 0.108. The zero-order chi connectivity index (χ0) is 32.2. The molecule has 20 heteroatoms. The van der Waals surface area contributed by atoms with Crippen LogP contribution in [0.3, 0.4) is 0 Å². The van der Waals surface area contributed by atoms with Gasteiger partial charge in [0.2, 0.25) is 0 Å². The van der Waals surface area contributed by atoms with Crippen molar-refractivity contribution in [3.8, 4) is 0 Å². The molecule has 0 aliphatic heterocycles. The second-order valence-corrected chi connectivity index (χ2v) is 8.29. The first-order valence-electron chi connectivity index (χ1n) is 12.3. The fourth-order valence-corrected chi connectivity index (χ4v) is 3.56. The molecule has 0 radical (unpaired) electrons. The van der Waals surface area contributed by atoms with Gasteiger partial charge in [-0.3, -0.25) is 4.79 Å². The predicted octanol–water partition coefficient (Wildman–Crippen LogP) is 1.95. The standard InChI is InChI=1S/C7H5N3O2.C6H5N4O.2C6H5N3O.2CH4.AtHO/c11-7-5-3-1-2-4-6(5)8-9-10(7)12;11-10-4-8-9-5-2-1-3-7-6(5)10;2*10-9-6-4-2-1-3-5(6)7-8-9;;;1-2/h1-4,12H;1-4H,(H,9,11);2*1-4,10H;2*1H4;2H/q;+1;;;;;.